The Kier molecular flexibility index (Phi) is 2.82. The highest BCUT2D eigenvalue weighted by atomic mass is 16.7. The second-order valence-corrected chi connectivity index (χ2v) is 3.35. The normalized spacial score (nSPS) is 12.3. The highest BCUT2D eigenvalue weighted by Crippen LogP contribution is 2.35. The molecule has 0 aromatic heterocycles. The lowest BCUT2D eigenvalue weighted by molar-refractivity contribution is -0.496. The van der Waals surface area contributed by atoms with Crippen LogP contribution in [-0.4, -0.2) is 24.8 Å². The molecule has 0 saturated heterocycles. The highest BCUT2D eigenvalue weighted by molar-refractivity contribution is 5.92. The molecule has 0 bridgehead atoms. The number of ether oxygens (including phenoxy) is 3. The SMILES string of the molecule is COC(=O)c1cc2c(cc1C[N+](=O)[O-])OCO2. The van der Waals surface area contributed by atoms with Crippen LogP contribution < -0.4 is 9.47 Å². The maximum Gasteiger partial charge on any atom is 0.338 e. The number of carbonyl (C=O) groups is 1. The first-order chi connectivity index (χ1) is 8.11. The van der Waals surface area contributed by atoms with Gasteiger partial charge in [-0.25, -0.2) is 4.79 Å². The summed E-state index contributed by atoms with van der Waals surface area (Å²) < 4.78 is 14.7. The van der Waals surface area contributed by atoms with E-state index in [1.54, 1.807) is 0 Å². The number of nitrogens with zero attached hydrogens (tertiary/aromatic N) is 1. The molecule has 0 N–H and O–H groups in total. The fourth-order valence-corrected chi connectivity index (χ4v) is 1.55. The molecule has 1 aliphatic heterocycles. The minimum atomic E-state index is -0.639. The van der Waals surface area contributed by atoms with E-state index >= 15 is 0 Å². The Bertz CT molecular complexity index is 484. The number of esters is 1. The number of carbonyl (C=O) groups excluding carboxylic acids is 1. The molecular weight excluding hydrogens is 230 g/mol. The molecular formula is C10H9NO6. The van der Waals surface area contributed by atoms with Gasteiger partial charge in [0.1, 0.15) is 0 Å². The van der Waals surface area contributed by atoms with Crippen molar-refractivity contribution in [1.82, 2.24) is 0 Å². The van der Waals surface area contributed by atoms with Gasteiger partial charge in [0.2, 0.25) is 13.3 Å². The van der Waals surface area contributed by atoms with Gasteiger partial charge < -0.3 is 14.2 Å². The standard InChI is InChI=1S/C10H9NO6/c1-15-10(12)7-3-9-8(16-5-17-9)2-6(7)4-11(13)14/h2-3H,4-5H2,1H3. The summed E-state index contributed by atoms with van der Waals surface area (Å²) in [5.74, 6) is 0.146. The van der Waals surface area contributed by atoms with Crippen LogP contribution in [0.2, 0.25) is 0 Å². The van der Waals surface area contributed by atoms with Gasteiger partial charge in [-0.2, -0.15) is 0 Å². The van der Waals surface area contributed by atoms with Crippen molar-refractivity contribution in [2.75, 3.05) is 13.9 Å². The lowest BCUT2D eigenvalue weighted by atomic mass is 10.1. The van der Waals surface area contributed by atoms with Gasteiger partial charge in [0.25, 0.3) is 0 Å². The molecule has 0 aliphatic carbocycles. The van der Waals surface area contributed by atoms with Crippen molar-refractivity contribution >= 4 is 5.97 Å². The summed E-state index contributed by atoms with van der Waals surface area (Å²) in [6.45, 7) is -0.432. The molecule has 0 radical (unpaired) electrons. The summed E-state index contributed by atoms with van der Waals surface area (Å²) in [4.78, 5) is 21.5. The molecule has 0 spiro atoms. The van der Waals surface area contributed by atoms with Crippen molar-refractivity contribution in [3.8, 4) is 11.5 Å². The van der Waals surface area contributed by atoms with Crippen LogP contribution >= 0.6 is 0 Å². The van der Waals surface area contributed by atoms with Crippen LogP contribution in [0.1, 0.15) is 15.9 Å². The summed E-state index contributed by atoms with van der Waals surface area (Å²) in [6.07, 6.45) is 0. The van der Waals surface area contributed by atoms with Crippen LogP contribution in [0, 0.1) is 10.1 Å². The second kappa shape index (κ2) is 4.28. The first kappa shape index (κ1) is 11.2. The maximum absolute atomic E-state index is 11.5. The van der Waals surface area contributed by atoms with E-state index in [2.05, 4.69) is 4.74 Å². The molecule has 90 valence electrons. The van der Waals surface area contributed by atoms with E-state index in [1.165, 1.54) is 19.2 Å². The van der Waals surface area contributed by atoms with Gasteiger partial charge in [0.15, 0.2) is 11.5 Å². The summed E-state index contributed by atoms with van der Waals surface area (Å²) in [7, 11) is 1.21. The summed E-state index contributed by atoms with van der Waals surface area (Å²) in [5.41, 5.74) is 0.361. The first-order valence-corrected chi connectivity index (χ1v) is 4.74. The maximum atomic E-state index is 11.5. The Morgan fingerprint density at radius 3 is 2.71 bits per heavy atom. The van der Waals surface area contributed by atoms with E-state index in [0.717, 1.165) is 0 Å². The van der Waals surface area contributed by atoms with Crippen molar-refractivity contribution in [3.05, 3.63) is 33.4 Å². The summed E-state index contributed by atoms with van der Waals surface area (Å²) in [5, 5.41) is 10.5. The van der Waals surface area contributed by atoms with Gasteiger partial charge in [-0.05, 0) is 12.1 Å². The van der Waals surface area contributed by atoms with E-state index < -0.39 is 17.4 Å². The molecule has 1 aliphatic rings. The zero-order chi connectivity index (χ0) is 12.4. The zero-order valence-electron chi connectivity index (χ0n) is 8.97. The molecule has 7 nitrogen and oxygen atoms in total. The van der Waals surface area contributed by atoms with Crippen LogP contribution in [0.5, 0.6) is 11.5 Å². The third-order valence-electron chi connectivity index (χ3n) is 2.30. The molecule has 2 rings (SSSR count). The molecule has 7 heteroatoms. The number of hydrogen-bond donors (Lipinski definition) is 0. The largest absolute Gasteiger partial charge is 0.465 e. The third-order valence-corrected chi connectivity index (χ3v) is 2.30. The fraction of sp³-hybridized carbons (Fsp3) is 0.300. The predicted molar refractivity (Wildman–Crippen MR) is 54.6 cm³/mol. The minimum absolute atomic E-state index is 0.0395. The minimum Gasteiger partial charge on any atom is -0.465 e. The second-order valence-electron chi connectivity index (χ2n) is 3.35. The molecule has 17 heavy (non-hydrogen) atoms. The molecule has 1 heterocycles. The van der Waals surface area contributed by atoms with E-state index in [0.29, 0.717) is 11.5 Å². The Morgan fingerprint density at radius 2 is 2.12 bits per heavy atom. The van der Waals surface area contributed by atoms with E-state index in [9.17, 15) is 14.9 Å². The quantitative estimate of drug-likeness (QED) is 0.443. The highest BCUT2D eigenvalue weighted by Gasteiger charge is 2.23. The molecule has 0 fully saturated rings. The van der Waals surface area contributed by atoms with Crippen molar-refractivity contribution in [2.45, 2.75) is 6.54 Å². The number of hydrogen-bond acceptors (Lipinski definition) is 6. The van der Waals surface area contributed by atoms with E-state index in [4.69, 9.17) is 9.47 Å². The van der Waals surface area contributed by atoms with Crippen LogP contribution in [0.4, 0.5) is 0 Å². The predicted octanol–water partition coefficient (Wildman–Crippen LogP) is 0.979. The first-order valence-electron chi connectivity index (χ1n) is 4.74. The molecule has 0 saturated carbocycles. The van der Waals surface area contributed by atoms with Crippen LogP contribution in [0.15, 0.2) is 12.1 Å². The lowest BCUT2D eigenvalue weighted by Gasteiger charge is -2.06. The van der Waals surface area contributed by atoms with Gasteiger partial charge >= 0.3 is 5.97 Å². The zero-order valence-corrected chi connectivity index (χ0v) is 8.97. The fourth-order valence-electron chi connectivity index (χ4n) is 1.55. The molecule has 0 unspecified atom stereocenters. The van der Waals surface area contributed by atoms with Crippen LogP contribution in [-0.2, 0) is 11.3 Å². The van der Waals surface area contributed by atoms with Crippen molar-refractivity contribution in [1.29, 1.82) is 0 Å². The van der Waals surface area contributed by atoms with Crippen molar-refractivity contribution in [2.24, 2.45) is 0 Å². The smallest absolute Gasteiger partial charge is 0.338 e. The topological polar surface area (TPSA) is 87.9 Å². The third kappa shape index (κ3) is 2.12. The van der Waals surface area contributed by atoms with Gasteiger partial charge in [0.05, 0.1) is 12.7 Å². The number of methoxy groups -OCH3 is 1. The van der Waals surface area contributed by atoms with Crippen LogP contribution in [0.3, 0.4) is 0 Å². The summed E-state index contributed by atoms with van der Waals surface area (Å²) >= 11 is 0. The molecule has 0 amide bonds. The molecule has 0 atom stereocenters. The lowest BCUT2D eigenvalue weighted by Crippen LogP contribution is -2.09. The van der Waals surface area contributed by atoms with E-state index in [-0.39, 0.29) is 17.9 Å². The monoisotopic (exact) mass is 239 g/mol. The molecule has 1 aromatic carbocycles. The number of fused-ring (bicyclic) bond motifs is 1. The Hall–Kier alpha value is -2.31. The number of nitro groups is 1. The van der Waals surface area contributed by atoms with Gasteiger partial charge in [0, 0.05) is 10.5 Å². The van der Waals surface area contributed by atoms with Gasteiger partial charge in [-0.1, -0.05) is 0 Å². The van der Waals surface area contributed by atoms with Gasteiger partial charge in [-0.15, -0.1) is 0 Å². The van der Waals surface area contributed by atoms with Crippen molar-refractivity contribution in [3.63, 3.8) is 0 Å². The Balaban J connectivity index is 2.46. The average Bonchev–Trinajstić information content (AvgIpc) is 2.73. The molecule has 1 aromatic rings. The Labute approximate surface area is 96.0 Å². The average molecular weight is 239 g/mol. The summed E-state index contributed by atoms with van der Waals surface area (Å²) in [6, 6.07) is 2.82. The van der Waals surface area contributed by atoms with E-state index in [1.807, 2.05) is 0 Å². The number of rotatable bonds is 3. The van der Waals surface area contributed by atoms with Crippen LogP contribution in [0.25, 0.3) is 0 Å². The Morgan fingerprint density at radius 1 is 1.47 bits per heavy atom. The van der Waals surface area contributed by atoms with Gasteiger partial charge in [-0.3, -0.25) is 10.1 Å². The van der Waals surface area contributed by atoms with Crippen molar-refractivity contribution < 1.29 is 23.9 Å². The number of benzene rings is 1.